The van der Waals surface area contributed by atoms with Crippen LogP contribution in [0.2, 0.25) is 0 Å². The summed E-state index contributed by atoms with van der Waals surface area (Å²) in [6, 6.07) is 11.3. The molecule has 0 aliphatic carbocycles. The van der Waals surface area contributed by atoms with Crippen LogP contribution in [0.15, 0.2) is 50.1 Å². The summed E-state index contributed by atoms with van der Waals surface area (Å²) in [4.78, 5) is 24.8. The number of fused-ring (bicyclic) bond motifs is 1. The Bertz CT molecular complexity index is 982. The fourth-order valence-corrected chi connectivity index (χ4v) is 4.27. The second-order valence-corrected chi connectivity index (χ2v) is 7.28. The van der Waals surface area contributed by atoms with Gasteiger partial charge in [-0.25, -0.2) is 4.79 Å². The molecule has 2 aromatic carbocycles. The van der Waals surface area contributed by atoms with Crippen molar-refractivity contribution in [2.45, 2.75) is 13.5 Å². The second kappa shape index (κ2) is 6.57. The third-order valence-electron chi connectivity index (χ3n) is 3.80. The number of imidazole rings is 1. The SMILES string of the molecule is Cc1cc(Br)c(NC(=O)Cn2c(=O)n(C)c3ccccc32)c(Br)c1. The largest absolute Gasteiger partial charge is 0.329 e. The topological polar surface area (TPSA) is 56.0 Å². The van der Waals surface area contributed by atoms with Crippen molar-refractivity contribution in [2.24, 2.45) is 7.05 Å². The maximum absolute atomic E-state index is 12.5. The lowest BCUT2D eigenvalue weighted by atomic mass is 10.2. The fraction of sp³-hybridized carbons (Fsp3) is 0.176. The zero-order valence-corrected chi connectivity index (χ0v) is 16.3. The van der Waals surface area contributed by atoms with Gasteiger partial charge < -0.3 is 5.32 Å². The molecule has 0 bridgehead atoms. The minimum atomic E-state index is -0.265. The first kappa shape index (κ1) is 17.0. The molecule has 3 rings (SSSR count). The molecule has 0 unspecified atom stereocenters. The number of carbonyl (C=O) groups excluding carboxylic acids is 1. The zero-order valence-electron chi connectivity index (χ0n) is 13.1. The number of nitrogens with one attached hydrogen (secondary N) is 1. The number of hydrogen-bond donors (Lipinski definition) is 1. The number of para-hydroxylation sites is 2. The number of anilines is 1. The normalized spacial score (nSPS) is 11.0. The van der Waals surface area contributed by atoms with Gasteiger partial charge in [0.2, 0.25) is 5.91 Å². The molecule has 0 atom stereocenters. The standard InChI is InChI=1S/C17H15Br2N3O2/c1-10-7-11(18)16(12(19)8-10)20-15(23)9-22-14-6-4-3-5-13(14)21(2)17(22)24/h3-8H,9H2,1-2H3,(H,20,23). The van der Waals surface area contributed by atoms with E-state index in [1.54, 1.807) is 11.6 Å². The number of aryl methyl sites for hydroxylation is 2. The van der Waals surface area contributed by atoms with Crippen LogP contribution in [0.4, 0.5) is 5.69 Å². The molecule has 0 aliphatic rings. The van der Waals surface area contributed by atoms with Crippen LogP contribution < -0.4 is 11.0 Å². The molecule has 1 aromatic heterocycles. The highest BCUT2D eigenvalue weighted by Crippen LogP contribution is 2.32. The van der Waals surface area contributed by atoms with Gasteiger partial charge in [-0.15, -0.1) is 0 Å². The summed E-state index contributed by atoms with van der Waals surface area (Å²) in [6.45, 7) is 1.92. The highest BCUT2D eigenvalue weighted by atomic mass is 79.9. The Hall–Kier alpha value is -1.86. The monoisotopic (exact) mass is 451 g/mol. The van der Waals surface area contributed by atoms with Crippen LogP contribution in [0.3, 0.4) is 0 Å². The lowest BCUT2D eigenvalue weighted by Gasteiger charge is -2.11. The molecule has 1 amide bonds. The molecule has 0 saturated carbocycles. The minimum absolute atomic E-state index is 0.0487. The van der Waals surface area contributed by atoms with Crippen LogP contribution in [0.1, 0.15) is 5.56 Å². The lowest BCUT2D eigenvalue weighted by Crippen LogP contribution is -2.28. The van der Waals surface area contributed by atoms with E-state index in [2.05, 4.69) is 37.2 Å². The maximum atomic E-state index is 12.5. The number of halogens is 2. The third-order valence-corrected chi connectivity index (χ3v) is 5.06. The van der Waals surface area contributed by atoms with Crippen molar-refractivity contribution in [1.82, 2.24) is 9.13 Å². The number of rotatable bonds is 3. The van der Waals surface area contributed by atoms with Gasteiger partial charge in [-0.1, -0.05) is 12.1 Å². The highest BCUT2D eigenvalue weighted by molar-refractivity contribution is 9.11. The molecule has 7 heteroatoms. The molecule has 124 valence electrons. The number of nitrogens with zero attached hydrogens (tertiary/aromatic N) is 2. The van der Waals surface area contributed by atoms with Gasteiger partial charge in [-0.05, 0) is 68.6 Å². The Balaban J connectivity index is 1.92. The first-order chi connectivity index (χ1) is 11.4. The first-order valence-corrected chi connectivity index (χ1v) is 8.87. The van der Waals surface area contributed by atoms with Crippen LogP contribution in [0.25, 0.3) is 11.0 Å². The molecule has 1 N–H and O–H groups in total. The van der Waals surface area contributed by atoms with Gasteiger partial charge in [0, 0.05) is 16.0 Å². The van der Waals surface area contributed by atoms with E-state index in [1.807, 2.05) is 43.3 Å². The van der Waals surface area contributed by atoms with E-state index in [9.17, 15) is 9.59 Å². The third kappa shape index (κ3) is 3.06. The van der Waals surface area contributed by atoms with E-state index >= 15 is 0 Å². The van der Waals surface area contributed by atoms with Gasteiger partial charge >= 0.3 is 5.69 Å². The summed E-state index contributed by atoms with van der Waals surface area (Å²) in [5, 5.41) is 2.85. The quantitative estimate of drug-likeness (QED) is 0.656. The summed E-state index contributed by atoms with van der Waals surface area (Å²) in [6.07, 6.45) is 0. The highest BCUT2D eigenvalue weighted by Gasteiger charge is 2.15. The Morgan fingerprint density at radius 2 is 1.71 bits per heavy atom. The molecular formula is C17H15Br2N3O2. The molecule has 0 fully saturated rings. The Morgan fingerprint density at radius 3 is 2.33 bits per heavy atom. The average molecular weight is 453 g/mol. The van der Waals surface area contributed by atoms with E-state index < -0.39 is 0 Å². The number of carbonyl (C=O) groups is 1. The van der Waals surface area contributed by atoms with Crippen LogP contribution >= 0.6 is 31.9 Å². The number of aromatic nitrogens is 2. The van der Waals surface area contributed by atoms with Crippen molar-refractivity contribution in [3.8, 4) is 0 Å². The number of amides is 1. The molecule has 0 spiro atoms. The average Bonchev–Trinajstić information content (AvgIpc) is 2.76. The Labute approximate surface area is 155 Å². The molecule has 0 saturated heterocycles. The van der Waals surface area contributed by atoms with E-state index in [-0.39, 0.29) is 18.1 Å². The smallest absolute Gasteiger partial charge is 0.323 e. The fourth-order valence-electron chi connectivity index (χ4n) is 2.66. The molecule has 1 heterocycles. The summed E-state index contributed by atoms with van der Waals surface area (Å²) in [5.41, 5.74) is 3.04. The van der Waals surface area contributed by atoms with E-state index in [1.165, 1.54) is 4.57 Å². The number of benzene rings is 2. The van der Waals surface area contributed by atoms with Gasteiger partial charge in [0.15, 0.2) is 0 Å². The van der Waals surface area contributed by atoms with Crippen molar-refractivity contribution in [3.63, 3.8) is 0 Å². The summed E-state index contributed by atoms with van der Waals surface area (Å²) in [7, 11) is 1.70. The van der Waals surface area contributed by atoms with Gasteiger partial charge in [-0.2, -0.15) is 0 Å². The van der Waals surface area contributed by atoms with Crippen LogP contribution in [-0.4, -0.2) is 15.0 Å². The number of hydrogen-bond acceptors (Lipinski definition) is 2. The van der Waals surface area contributed by atoms with Crippen molar-refractivity contribution in [2.75, 3.05) is 5.32 Å². The summed E-state index contributed by atoms with van der Waals surface area (Å²) in [5.74, 6) is -0.265. The molecule has 0 aliphatic heterocycles. The maximum Gasteiger partial charge on any atom is 0.329 e. The molecular weight excluding hydrogens is 438 g/mol. The predicted octanol–water partition coefficient (Wildman–Crippen LogP) is 3.81. The van der Waals surface area contributed by atoms with Crippen molar-refractivity contribution in [1.29, 1.82) is 0 Å². The van der Waals surface area contributed by atoms with Crippen molar-refractivity contribution < 1.29 is 4.79 Å². The van der Waals surface area contributed by atoms with Crippen LogP contribution in [-0.2, 0) is 18.4 Å². The predicted molar refractivity (Wildman–Crippen MR) is 102 cm³/mol. The van der Waals surface area contributed by atoms with E-state index in [4.69, 9.17) is 0 Å². The van der Waals surface area contributed by atoms with Crippen LogP contribution in [0.5, 0.6) is 0 Å². The van der Waals surface area contributed by atoms with Gasteiger partial charge in [0.25, 0.3) is 0 Å². The molecule has 5 nitrogen and oxygen atoms in total. The van der Waals surface area contributed by atoms with Gasteiger partial charge in [0.1, 0.15) is 6.54 Å². The van der Waals surface area contributed by atoms with Gasteiger partial charge in [-0.3, -0.25) is 13.9 Å². The van der Waals surface area contributed by atoms with E-state index in [0.29, 0.717) is 5.69 Å². The molecule has 3 aromatic rings. The minimum Gasteiger partial charge on any atom is -0.323 e. The Kier molecular flexibility index (Phi) is 4.64. The first-order valence-electron chi connectivity index (χ1n) is 7.28. The molecule has 0 radical (unpaired) electrons. The van der Waals surface area contributed by atoms with Crippen LogP contribution in [0, 0.1) is 6.92 Å². The van der Waals surface area contributed by atoms with Crippen molar-refractivity contribution >= 4 is 54.5 Å². The Morgan fingerprint density at radius 1 is 1.12 bits per heavy atom. The molecule has 24 heavy (non-hydrogen) atoms. The zero-order chi connectivity index (χ0) is 17.4. The second-order valence-electron chi connectivity index (χ2n) is 5.57. The summed E-state index contributed by atoms with van der Waals surface area (Å²) >= 11 is 6.91. The van der Waals surface area contributed by atoms with E-state index in [0.717, 1.165) is 25.5 Å². The summed E-state index contributed by atoms with van der Waals surface area (Å²) < 4.78 is 4.59. The van der Waals surface area contributed by atoms with Crippen molar-refractivity contribution in [3.05, 3.63) is 61.4 Å². The van der Waals surface area contributed by atoms with Gasteiger partial charge in [0.05, 0.1) is 16.7 Å². The lowest BCUT2D eigenvalue weighted by molar-refractivity contribution is -0.116.